The first-order valence-electron chi connectivity index (χ1n) is 9.25. The van der Waals surface area contributed by atoms with Crippen molar-refractivity contribution in [1.29, 1.82) is 0 Å². The number of hydrazine groups is 1. The zero-order valence-corrected chi connectivity index (χ0v) is 16.0. The molecule has 1 fully saturated rings. The molecule has 1 aliphatic heterocycles. The summed E-state index contributed by atoms with van der Waals surface area (Å²) in [6.45, 7) is 1.14. The first kappa shape index (κ1) is 18.5. The molecule has 0 radical (unpaired) electrons. The molecular formula is C21H21ClN4O2. The Morgan fingerprint density at radius 1 is 1.21 bits per heavy atom. The number of piperidine rings is 1. The van der Waals surface area contributed by atoms with Crippen LogP contribution in [0.5, 0.6) is 0 Å². The van der Waals surface area contributed by atoms with Crippen molar-refractivity contribution < 1.29 is 4.79 Å². The molecule has 1 aliphatic rings. The topological polar surface area (TPSA) is 91.2 Å². The fourth-order valence-corrected chi connectivity index (χ4v) is 4.14. The molecule has 2 heterocycles. The van der Waals surface area contributed by atoms with Gasteiger partial charge in [0.1, 0.15) is 5.69 Å². The number of fused-ring (bicyclic) bond motifs is 1. The van der Waals surface area contributed by atoms with Crippen LogP contribution in [0.3, 0.4) is 0 Å². The first-order valence-corrected chi connectivity index (χ1v) is 9.62. The number of nitrogens with zero attached hydrogens (tertiary/aromatic N) is 1. The molecule has 0 bridgehead atoms. The van der Waals surface area contributed by atoms with Crippen molar-refractivity contribution >= 4 is 34.1 Å². The molecule has 28 heavy (non-hydrogen) atoms. The van der Waals surface area contributed by atoms with E-state index in [2.05, 4.69) is 10.4 Å². The lowest BCUT2D eigenvalue weighted by Crippen LogP contribution is -2.46. The normalized spacial score (nSPS) is 16.9. The number of carbonyl (C=O) groups is 1. The van der Waals surface area contributed by atoms with Crippen LogP contribution in [-0.4, -0.2) is 24.0 Å². The van der Waals surface area contributed by atoms with Gasteiger partial charge in [-0.25, -0.2) is 5.84 Å². The summed E-state index contributed by atoms with van der Waals surface area (Å²) < 4.78 is 0. The van der Waals surface area contributed by atoms with Crippen molar-refractivity contribution in [3.05, 3.63) is 63.9 Å². The smallest absolute Gasteiger partial charge is 0.272 e. The standard InChI is InChI=1S/C21H21ClN4O2/c22-15-8-9-17-16(11-15)18(13-5-2-1-3-6-13)19(21(28)24-17)26-10-4-7-14(12-26)20(27)25-23/h1-3,5-6,8-9,11,14H,4,7,10,12,23H2,(H,24,28)(H,25,27)/t14-/m0/s1. The molecule has 0 spiro atoms. The molecule has 0 unspecified atom stereocenters. The predicted molar refractivity (Wildman–Crippen MR) is 112 cm³/mol. The maximum atomic E-state index is 13.1. The number of H-pyrrole nitrogens is 1. The SMILES string of the molecule is NNC(=O)[C@H]1CCCN(c2c(-c3ccccc3)c3cc(Cl)ccc3[nH]c2=O)C1. The average Bonchev–Trinajstić information content (AvgIpc) is 2.73. The van der Waals surface area contributed by atoms with Crippen molar-refractivity contribution in [1.82, 2.24) is 10.4 Å². The lowest BCUT2D eigenvalue weighted by Gasteiger charge is -2.34. The van der Waals surface area contributed by atoms with Gasteiger partial charge >= 0.3 is 0 Å². The number of amides is 1. The number of nitrogens with two attached hydrogens (primary N) is 1. The summed E-state index contributed by atoms with van der Waals surface area (Å²) in [5, 5.41) is 1.47. The van der Waals surface area contributed by atoms with E-state index < -0.39 is 0 Å². The predicted octanol–water partition coefficient (Wildman–Crippen LogP) is 3.05. The zero-order chi connectivity index (χ0) is 19.7. The lowest BCUT2D eigenvalue weighted by molar-refractivity contribution is -0.125. The zero-order valence-electron chi connectivity index (χ0n) is 15.2. The highest BCUT2D eigenvalue weighted by Gasteiger charge is 2.29. The average molecular weight is 397 g/mol. The van der Waals surface area contributed by atoms with Gasteiger partial charge in [-0.3, -0.25) is 15.0 Å². The Labute approximate surface area is 167 Å². The maximum Gasteiger partial charge on any atom is 0.272 e. The van der Waals surface area contributed by atoms with Gasteiger partial charge in [0, 0.05) is 34.6 Å². The molecule has 1 amide bonds. The van der Waals surface area contributed by atoms with Gasteiger partial charge in [-0.05, 0) is 36.6 Å². The minimum atomic E-state index is -0.253. The van der Waals surface area contributed by atoms with E-state index in [4.69, 9.17) is 17.4 Å². The second-order valence-electron chi connectivity index (χ2n) is 7.03. The van der Waals surface area contributed by atoms with E-state index in [0.29, 0.717) is 23.8 Å². The molecule has 1 aromatic heterocycles. The number of rotatable bonds is 3. The van der Waals surface area contributed by atoms with E-state index in [0.717, 1.165) is 34.9 Å². The fraction of sp³-hybridized carbons (Fsp3) is 0.238. The third-order valence-electron chi connectivity index (χ3n) is 5.26. The molecule has 6 nitrogen and oxygen atoms in total. The third-order valence-corrected chi connectivity index (χ3v) is 5.50. The largest absolute Gasteiger partial charge is 0.366 e. The highest BCUT2D eigenvalue weighted by Crippen LogP contribution is 2.36. The van der Waals surface area contributed by atoms with E-state index >= 15 is 0 Å². The number of anilines is 1. The Bertz CT molecular complexity index is 1080. The van der Waals surface area contributed by atoms with Crippen molar-refractivity contribution in [2.45, 2.75) is 12.8 Å². The first-order chi connectivity index (χ1) is 13.6. The molecular weight excluding hydrogens is 376 g/mol. The lowest BCUT2D eigenvalue weighted by atomic mass is 9.94. The quantitative estimate of drug-likeness (QED) is 0.360. The minimum absolute atomic E-state index is 0.178. The molecule has 3 aromatic rings. The Kier molecular flexibility index (Phi) is 5.07. The Hall–Kier alpha value is -2.83. The molecule has 7 heteroatoms. The van der Waals surface area contributed by atoms with E-state index in [1.54, 1.807) is 6.07 Å². The van der Waals surface area contributed by atoms with Crippen molar-refractivity contribution in [2.24, 2.45) is 11.8 Å². The van der Waals surface area contributed by atoms with Crippen LogP contribution in [0.25, 0.3) is 22.0 Å². The van der Waals surface area contributed by atoms with Crippen LogP contribution >= 0.6 is 11.6 Å². The highest BCUT2D eigenvalue weighted by molar-refractivity contribution is 6.31. The van der Waals surface area contributed by atoms with Crippen LogP contribution in [0.2, 0.25) is 5.02 Å². The van der Waals surface area contributed by atoms with Crippen LogP contribution in [-0.2, 0) is 4.79 Å². The molecule has 0 aliphatic carbocycles. The van der Waals surface area contributed by atoms with Gasteiger partial charge in [-0.2, -0.15) is 0 Å². The van der Waals surface area contributed by atoms with Gasteiger partial charge in [-0.1, -0.05) is 41.9 Å². The molecule has 144 valence electrons. The van der Waals surface area contributed by atoms with Gasteiger partial charge in [0.2, 0.25) is 5.91 Å². The van der Waals surface area contributed by atoms with E-state index in [1.807, 2.05) is 47.4 Å². The van der Waals surface area contributed by atoms with E-state index in [1.165, 1.54) is 0 Å². The summed E-state index contributed by atoms with van der Waals surface area (Å²) in [6.07, 6.45) is 1.55. The van der Waals surface area contributed by atoms with Crippen molar-refractivity contribution in [2.75, 3.05) is 18.0 Å². The minimum Gasteiger partial charge on any atom is -0.366 e. The van der Waals surface area contributed by atoms with E-state index in [9.17, 15) is 9.59 Å². The summed E-state index contributed by atoms with van der Waals surface area (Å²) in [5.74, 6) is 4.87. The number of hydrogen-bond donors (Lipinski definition) is 3. The van der Waals surface area contributed by atoms with E-state index in [-0.39, 0.29) is 17.4 Å². The number of aromatic nitrogens is 1. The van der Waals surface area contributed by atoms with Crippen molar-refractivity contribution in [3.63, 3.8) is 0 Å². The summed E-state index contributed by atoms with van der Waals surface area (Å²) in [6, 6.07) is 15.2. The van der Waals surface area contributed by atoms with Gasteiger partial charge < -0.3 is 9.88 Å². The Morgan fingerprint density at radius 2 is 2.00 bits per heavy atom. The maximum absolute atomic E-state index is 13.1. The second kappa shape index (κ2) is 7.66. The van der Waals surface area contributed by atoms with Gasteiger partial charge in [-0.15, -0.1) is 0 Å². The second-order valence-corrected chi connectivity index (χ2v) is 7.46. The number of aromatic amines is 1. The summed E-state index contributed by atoms with van der Waals surface area (Å²) >= 11 is 6.27. The number of halogens is 1. The Balaban J connectivity index is 1.94. The number of benzene rings is 2. The third kappa shape index (κ3) is 3.37. The molecule has 4 rings (SSSR count). The van der Waals surface area contributed by atoms with Gasteiger partial charge in [0.05, 0.1) is 5.92 Å². The number of pyridine rings is 1. The summed E-state index contributed by atoms with van der Waals surface area (Å²) in [7, 11) is 0. The molecule has 1 saturated heterocycles. The number of nitrogens with one attached hydrogen (secondary N) is 2. The monoisotopic (exact) mass is 396 g/mol. The van der Waals surface area contributed by atoms with Crippen molar-refractivity contribution in [3.8, 4) is 11.1 Å². The highest BCUT2D eigenvalue weighted by atomic mass is 35.5. The molecule has 2 aromatic carbocycles. The molecule has 1 atom stereocenters. The van der Waals surface area contributed by atoms with Crippen LogP contribution in [0, 0.1) is 5.92 Å². The van der Waals surface area contributed by atoms with Crippen LogP contribution < -0.4 is 21.7 Å². The fourth-order valence-electron chi connectivity index (χ4n) is 3.97. The number of hydrogen-bond acceptors (Lipinski definition) is 4. The molecule has 0 saturated carbocycles. The summed E-state index contributed by atoms with van der Waals surface area (Å²) in [4.78, 5) is 30.1. The van der Waals surface area contributed by atoms with Gasteiger partial charge in [0.25, 0.3) is 5.56 Å². The van der Waals surface area contributed by atoms with Crippen LogP contribution in [0.1, 0.15) is 12.8 Å². The van der Waals surface area contributed by atoms with Crippen LogP contribution in [0.4, 0.5) is 5.69 Å². The summed E-state index contributed by atoms with van der Waals surface area (Å²) in [5.41, 5.74) is 5.11. The Morgan fingerprint density at radius 3 is 2.75 bits per heavy atom. The van der Waals surface area contributed by atoms with Crippen LogP contribution in [0.15, 0.2) is 53.3 Å². The molecule has 4 N–H and O–H groups in total. The number of carbonyl (C=O) groups excluding carboxylic acids is 1. The van der Waals surface area contributed by atoms with Gasteiger partial charge in [0.15, 0.2) is 0 Å².